The lowest BCUT2D eigenvalue weighted by Crippen LogP contribution is -2.66. The van der Waals surface area contributed by atoms with Gasteiger partial charge in [-0.1, -0.05) is 0 Å². The van der Waals surface area contributed by atoms with Crippen LogP contribution in [0, 0.1) is 0 Å². The van der Waals surface area contributed by atoms with Gasteiger partial charge in [-0.15, -0.1) is 0 Å². The molecule has 11 N–H and O–H groups in total. The molecule has 16 heteroatoms. The predicted octanol–water partition coefficient (Wildman–Crippen LogP) is -7.57. The normalized spacial score (nSPS) is 52.5. The molecule has 0 aromatic carbocycles. The summed E-state index contributed by atoms with van der Waals surface area (Å²) >= 11 is 0. The summed E-state index contributed by atoms with van der Waals surface area (Å²) < 4.78 is 26.4. The Labute approximate surface area is 192 Å². The molecule has 3 rings (SSSR count). The highest BCUT2D eigenvalue weighted by molar-refractivity contribution is 4.96. The van der Waals surface area contributed by atoms with Gasteiger partial charge in [0, 0.05) is 0 Å². The van der Waals surface area contributed by atoms with E-state index in [0.29, 0.717) is 0 Å². The molecule has 3 aliphatic rings. The van der Waals surface area contributed by atoms with Gasteiger partial charge in [-0.25, -0.2) is 0 Å². The van der Waals surface area contributed by atoms with Gasteiger partial charge in [0.2, 0.25) is 0 Å². The second kappa shape index (κ2) is 11.6. The number of ether oxygens (including phenoxy) is 5. The summed E-state index contributed by atoms with van der Waals surface area (Å²) in [6.07, 6.45) is -25.1. The van der Waals surface area contributed by atoms with Crippen LogP contribution in [-0.2, 0) is 23.7 Å². The third kappa shape index (κ3) is 5.37. The Balaban J connectivity index is 1.72. The van der Waals surface area contributed by atoms with Crippen LogP contribution in [0.2, 0.25) is 0 Å². The van der Waals surface area contributed by atoms with E-state index >= 15 is 0 Å². The van der Waals surface area contributed by atoms with Crippen molar-refractivity contribution >= 4 is 0 Å². The van der Waals surface area contributed by atoms with Crippen molar-refractivity contribution < 1.29 is 79.9 Å². The molecule has 0 amide bonds. The zero-order valence-corrected chi connectivity index (χ0v) is 17.7. The highest BCUT2D eigenvalue weighted by Crippen LogP contribution is 2.32. The minimum atomic E-state index is -1.91. The molecule has 3 fully saturated rings. The molecule has 3 saturated heterocycles. The first kappa shape index (κ1) is 27.9. The van der Waals surface area contributed by atoms with Crippen molar-refractivity contribution in [1.29, 1.82) is 0 Å². The average molecular weight is 504 g/mol. The van der Waals surface area contributed by atoms with Gasteiger partial charge in [0.1, 0.15) is 73.2 Å². The molecule has 0 bridgehead atoms. The van der Waals surface area contributed by atoms with E-state index in [2.05, 4.69) is 0 Å². The fraction of sp³-hybridized carbons (Fsp3) is 1.00. The first-order chi connectivity index (χ1) is 16.0. The van der Waals surface area contributed by atoms with Crippen LogP contribution in [0.3, 0.4) is 0 Å². The van der Waals surface area contributed by atoms with Crippen molar-refractivity contribution in [1.82, 2.24) is 0 Å². The van der Waals surface area contributed by atoms with Gasteiger partial charge in [-0.2, -0.15) is 0 Å². The van der Waals surface area contributed by atoms with E-state index < -0.39 is 112 Å². The lowest BCUT2D eigenvalue weighted by molar-refractivity contribution is -0.377. The molecule has 0 saturated carbocycles. The Morgan fingerprint density at radius 2 is 0.853 bits per heavy atom. The number of rotatable bonds is 7. The maximum Gasteiger partial charge on any atom is 0.187 e. The minimum absolute atomic E-state index is 0.741. The van der Waals surface area contributed by atoms with E-state index in [-0.39, 0.29) is 0 Å². The summed E-state index contributed by atoms with van der Waals surface area (Å²) in [7, 11) is 0. The molecule has 0 aliphatic carbocycles. The van der Waals surface area contributed by atoms with Crippen molar-refractivity contribution in [2.75, 3.05) is 19.8 Å². The van der Waals surface area contributed by atoms with Gasteiger partial charge >= 0.3 is 0 Å². The Morgan fingerprint density at radius 1 is 0.441 bits per heavy atom. The van der Waals surface area contributed by atoms with Crippen LogP contribution >= 0.6 is 0 Å². The molecule has 0 aromatic rings. The fourth-order valence-electron chi connectivity index (χ4n) is 4.06. The topological polar surface area (TPSA) is 269 Å². The molecule has 3 heterocycles. The van der Waals surface area contributed by atoms with E-state index in [1.807, 2.05) is 0 Å². The summed E-state index contributed by atoms with van der Waals surface area (Å²) in [5, 5.41) is 109. The standard InChI is InChI=1S/C18H32O16/c19-1-4-7(22)8(23)12(27)17(31-4)34-15-6(3-21)32-18(13(28)10(15)25)33-14-5(2-20)30-16(29)11(26)9(14)24/h4-29H,1-3H2/t4-,5?,6?,7+,8?,9?,10?,11?,12?,13?,14?,15?,16?,17?,18?/m0/s1. The summed E-state index contributed by atoms with van der Waals surface area (Å²) in [6.45, 7) is -2.32. The third-order valence-corrected chi connectivity index (χ3v) is 6.09. The monoisotopic (exact) mass is 504 g/mol. The number of hydrogen-bond acceptors (Lipinski definition) is 16. The van der Waals surface area contributed by atoms with Crippen LogP contribution in [0.1, 0.15) is 0 Å². The van der Waals surface area contributed by atoms with Crippen molar-refractivity contribution in [3.63, 3.8) is 0 Å². The van der Waals surface area contributed by atoms with Crippen molar-refractivity contribution in [3.05, 3.63) is 0 Å². The molecule has 16 nitrogen and oxygen atoms in total. The second-order valence-corrected chi connectivity index (χ2v) is 8.33. The molecular weight excluding hydrogens is 472 g/mol. The SMILES string of the molecule is OCC1OC(O)C(O)C(O)C1OC1OC(CO)C(OC2O[C@@H](CO)[C@@H](O)C(O)C2O)C(O)C1O. The van der Waals surface area contributed by atoms with Crippen molar-refractivity contribution in [2.24, 2.45) is 0 Å². The molecule has 0 aromatic heterocycles. The molecule has 200 valence electrons. The number of aliphatic hydroxyl groups is 11. The van der Waals surface area contributed by atoms with E-state index in [1.54, 1.807) is 0 Å². The van der Waals surface area contributed by atoms with Gasteiger partial charge in [0.05, 0.1) is 19.8 Å². The molecule has 0 radical (unpaired) electrons. The Kier molecular flexibility index (Phi) is 9.54. The molecule has 15 atom stereocenters. The summed E-state index contributed by atoms with van der Waals surface area (Å²) in [6, 6.07) is 0. The smallest absolute Gasteiger partial charge is 0.187 e. The van der Waals surface area contributed by atoms with E-state index in [0.717, 1.165) is 0 Å². The summed E-state index contributed by atoms with van der Waals surface area (Å²) in [4.78, 5) is 0. The highest BCUT2D eigenvalue weighted by Gasteiger charge is 2.53. The predicted molar refractivity (Wildman–Crippen MR) is 101 cm³/mol. The Morgan fingerprint density at radius 3 is 1.35 bits per heavy atom. The number of aliphatic hydroxyl groups excluding tert-OH is 11. The average Bonchev–Trinajstić information content (AvgIpc) is 2.83. The Hall–Kier alpha value is -0.640. The lowest BCUT2D eigenvalue weighted by atomic mass is 9.96. The van der Waals surface area contributed by atoms with Crippen LogP contribution < -0.4 is 0 Å². The van der Waals surface area contributed by atoms with Gasteiger partial charge in [0.15, 0.2) is 18.9 Å². The second-order valence-electron chi connectivity index (χ2n) is 8.33. The van der Waals surface area contributed by atoms with Crippen LogP contribution in [0.25, 0.3) is 0 Å². The lowest BCUT2D eigenvalue weighted by Gasteiger charge is -2.47. The van der Waals surface area contributed by atoms with Gasteiger partial charge in [-0.3, -0.25) is 0 Å². The Bertz CT molecular complexity index is 635. The molecule has 3 aliphatic heterocycles. The summed E-state index contributed by atoms with van der Waals surface area (Å²) in [5.41, 5.74) is 0. The van der Waals surface area contributed by atoms with E-state index in [4.69, 9.17) is 23.7 Å². The first-order valence-electron chi connectivity index (χ1n) is 10.6. The highest BCUT2D eigenvalue weighted by atomic mass is 16.8. The van der Waals surface area contributed by atoms with Gasteiger partial charge in [-0.05, 0) is 0 Å². The quantitative estimate of drug-likeness (QED) is 0.154. The molecule has 13 unspecified atom stereocenters. The first-order valence-corrected chi connectivity index (χ1v) is 10.6. The van der Waals surface area contributed by atoms with E-state index in [1.165, 1.54) is 0 Å². The largest absolute Gasteiger partial charge is 0.394 e. The fourth-order valence-corrected chi connectivity index (χ4v) is 4.06. The zero-order chi connectivity index (χ0) is 25.3. The molecule has 34 heavy (non-hydrogen) atoms. The van der Waals surface area contributed by atoms with Crippen LogP contribution in [0.15, 0.2) is 0 Å². The van der Waals surface area contributed by atoms with Gasteiger partial charge < -0.3 is 79.9 Å². The van der Waals surface area contributed by atoms with E-state index in [9.17, 15) is 56.2 Å². The summed E-state index contributed by atoms with van der Waals surface area (Å²) in [5.74, 6) is 0. The third-order valence-electron chi connectivity index (χ3n) is 6.09. The maximum absolute atomic E-state index is 10.6. The molecule has 0 spiro atoms. The zero-order valence-electron chi connectivity index (χ0n) is 17.7. The number of hydrogen-bond donors (Lipinski definition) is 11. The minimum Gasteiger partial charge on any atom is -0.394 e. The molecular formula is C18H32O16. The van der Waals surface area contributed by atoms with Gasteiger partial charge in [0.25, 0.3) is 0 Å². The van der Waals surface area contributed by atoms with Crippen molar-refractivity contribution in [2.45, 2.75) is 92.1 Å². The van der Waals surface area contributed by atoms with Crippen LogP contribution in [-0.4, -0.2) is 168 Å². The van der Waals surface area contributed by atoms with Crippen LogP contribution in [0.5, 0.6) is 0 Å². The maximum atomic E-state index is 10.6. The van der Waals surface area contributed by atoms with Crippen LogP contribution in [0.4, 0.5) is 0 Å². The van der Waals surface area contributed by atoms with Crippen molar-refractivity contribution in [3.8, 4) is 0 Å².